The van der Waals surface area contributed by atoms with Crippen LogP contribution in [-0.2, 0) is 21.2 Å². The highest BCUT2D eigenvalue weighted by atomic mass is 32.2. The zero-order chi connectivity index (χ0) is 16.2. The number of hydrogen-bond donors (Lipinski definition) is 1. The second-order valence-electron chi connectivity index (χ2n) is 5.50. The van der Waals surface area contributed by atoms with E-state index in [2.05, 4.69) is 12.2 Å². The molecule has 1 amide bonds. The molecule has 1 aliphatic rings. The fourth-order valence-corrected chi connectivity index (χ4v) is 3.39. The minimum absolute atomic E-state index is 0.0614. The Morgan fingerprint density at radius 1 is 1.18 bits per heavy atom. The van der Waals surface area contributed by atoms with Gasteiger partial charge in [-0.2, -0.15) is 4.31 Å². The number of nitrogens with one attached hydrogen (secondary N) is 1. The molecule has 1 fully saturated rings. The first-order valence-electron chi connectivity index (χ1n) is 7.45. The maximum Gasteiger partial charge on any atom is 0.238 e. The first kappa shape index (κ1) is 16.9. The molecule has 1 N–H and O–H groups in total. The van der Waals surface area contributed by atoms with Crippen LogP contribution >= 0.6 is 0 Å². The Labute approximate surface area is 132 Å². The first-order valence-corrected chi connectivity index (χ1v) is 9.30. The molecule has 0 spiro atoms. The molecular weight excluding hydrogens is 302 g/mol. The Morgan fingerprint density at radius 2 is 1.82 bits per heavy atom. The summed E-state index contributed by atoms with van der Waals surface area (Å²) in [5.41, 5.74) is 1.96. The SMILES string of the molecule is CCc1ccccc1NC(=O)CN1CCN(S(C)(=O)=O)CC1. The van der Waals surface area contributed by atoms with Crippen LogP contribution in [0.25, 0.3) is 0 Å². The van der Waals surface area contributed by atoms with Gasteiger partial charge >= 0.3 is 0 Å². The van der Waals surface area contributed by atoms with E-state index in [1.165, 1.54) is 10.6 Å². The third-order valence-corrected chi connectivity index (χ3v) is 5.14. The number of sulfonamides is 1. The van der Waals surface area contributed by atoms with Crippen molar-refractivity contribution in [3.63, 3.8) is 0 Å². The van der Waals surface area contributed by atoms with Gasteiger partial charge in [0.1, 0.15) is 0 Å². The summed E-state index contributed by atoms with van der Waals surface area (Å²) in [6, 6.07) is 7.76. The van der Waals surface area contributed by atoms with Gasteiger partial charge in [0.05, 0.1) is 12.8 Å². The van der Waals surface area contributed by atoms with Crippen molar-refractivity contribution in [3.8, 4) is 0 Å². The summed E-state index contributed by atoms with van der Waals surface area (Å²) in [5, 5.41) is 2.94. The number of hydrogen-bond acceptors (Lipinski definition) is 4. The molecule has 0 saturated carbocycles. The Morgan fingerprint density at radius 3 is 2.41 bits per heavy atom. The van der Waals surface area contributed by atoms with Crippen molar-refractivity contribution >= 4 is 21.6 Å². The molecule has 2 rings (SSSR count). The number of rotatable bonds is 5. The highest BCUT2D eigenvalue weighted by molar-refractivity contribution is 7.88. The van der Waals surface area contributed by atoms with Crippen molar-refractivity contribution in [2.24, 2.45) is 0 Å². The van der Waals surface area contributed by atoms with E-state index in [4.69, 9.17) is 0 Å². The van der Waals surface area contributed by atoms with Gasteiger partial charge in [-0.1, -0.05) is 25.1 Å². The number of nitrogens with zero attached hydrogens (tertiary/aromatic N) is 2. The number of benzene rings is 1. The highest BCUT2D eigenvalue weighted by Gasteiger charge is 2.24. The molecule has 0 unspecified atom stereocenters. The predicted molar refractivity (Wildman–Crippen MR) is 87.3 cm³/mol. The topological polar surface area (TPSA) is 69.7 Å². The number of carbonyl (C=O) groups is 1. The van der Waals surface area contributed by atoms with Crippen LogP contribution in [0, 0.1) is 0 Å². The molecule has 6 nitrogen and oxygen atoms in total. The summed E-state index contributed by atoms with van der Waals surface area (Å²) >= 11 is 0. The lowest BCUT2D eigenvalue weighted by atomic mass is 10.1. The Kier molecular flexibility index (Phi) is 5.55. The average molecular weight is 325 g/mol. The Bertz CT molecular complexity index is 623. The molecular formula is C15H23N3O3S. The summed E-state index contributed by atoms with van der Waals surface area (Å²) in [6.07, 6.45) is 2.08. The van der Waals surface area contributed by atoms with Gasteiger partial charge < -0.3 is 5.32 Å². The van der Waals surface area contributed by atoms with Crippen LogP contribution in [0.2, 0.25) is 0 Å². The van der Waals surface area contributed by atoms with Crippen molar-refractivity contribution in [1.29, 1.82) is 0 Å². The van der Waals surface area contributed by atoms with E-state index in [1.54, 1.807) is 0 Å². The molecule has 0 atom stereocenters. The summed E-state index contributed by atoms with van der Waals surface area (Å²) in [6.45, 7) is 4.38. The van der Waals surface area contributed by atoms with Crippen LogP contribution in [0.1, 0.15) is 12.5 Å². The number of amides is 1. The third-order valence-electron chi connectivity index (χ3n) is 3.84. The molecule has 22 heavy (non-hydrogen) atoms. The quantitative estimate of drug-likeness (QED) is 0.868. The van der Waals surface area contributed by atoms with E-state index in [1.807, 2.05) is 29.2 Å². The van der Waals surface area contributed by atoms with Crippen LogP contribution in [0.3, 0.4) is 0 Å². The summed E-state index contributed by atoms with van der Waals surface area (Å²) < 4.78 is 24.4. The van der Waals surface area contributed by atoms with E-state index in [0.29, 0.717) is 26.2 Å². The smallest absolute Gasteiger partial charge is 0.238 e. The summed E-state index contributed by atoms with van der Waals surface area (Å²) in [7, 11) is -3.13. The minimum Gasteiger partial charge on any atom is -0.325 e. The van der Waals surface area contributed by atoms with Crippen LogP contribution in [-0.4, -0.2) is 62.5 Å². The maximum absolute atomic E-state index is 12.1. The number of piperazine rings is 1. The molecule has 0 aromatic heterocycles. The normalized spacial score (nSPS) is 17.4. The average Bonchev–Trinajstić information content (AvgIpc) is 2.47. The van der Waals surface area contributed by atoms with Gasteiger partial charge in [-0.3, -0.25) is 9.69 Å². The van der Waals surface area contributed by atoms with E-state index in [-0.39, 0.29) is 12.5 Å². The van der Waals surface area contributed by atoms with Crippen molar-refractivity contribution in [2.75, 3.05) is 44.3 Å². The standard InChI is InChI=1S/C15H23N3O3S/c1-3-13-6-4-5-7-14(13)16-15(19)12-17-8-10-18(11-9-17)22(2,20)21/h4-7H,3,8-12H2,1-2H3,(H,16,19). The van der Waals surface area contributed by atoms with Crippen LogP contribution in [0.5, 0.6) is 0 Å². The molecule has 122 valence electrons. The lowest BCUT2D eigenvalue weighted by molar-refractivity contribution is -0.117. The van der Waals surface area contributed by atoms with Gasteiger partial charge in [0.2, 0.25) is 15.9 Å². The van der Waals surface area contributed by atoms with Gasteiger partial charge in [-0.05, 0) is 18.1 Å². The number of anilines is 1. The molecule has 1 heterocycles. The monoisotopic (exact) mass is 325 g/mol. The summed E-state index contributed by atoms with van der Waals surface area (Å²) in [5.74, 6) is -0.0614. The fraction of sp³-hybridized carbons (Fsp3) is 0.533. The number of para-hydroxylation sites is 1. The first-order chi connectivity index (χ1) is 10.4. The summed E-state index contributed by atoms with van der Waals surface area (Å²) in [4.78, 5) is 14.1. The lowest BCUT2D eigenvalue weighted by Crippen LogP contribution is -2.50. The minimum atomic E-state index is -3.13. The molecule has 0 bridgehead atoms. The van der Waals surface area contributed by atoms with Crippen LogP contribution in [0.4, 0.5) is 5.69 Å². The molecule has 1 saturated heterocycles. The van der Waals surface area contributed by atoms with E-state index < -0.39 is 10.0 Å². The van der Waals surface area contributed by atoms with Crippen LogP contribution < -0.4 is 5.32 Å². The second kappa shape index (κ2) is 7.21. The van der Waals surface area contributed by atoms with Crippen LogP contribution in [0.15, 0.2) is 24.3 Å². The van der Waals surface area contributed by atoms with Gasteiger partial charge in [-0.15, -0.1) is 0 Å². The number of aryl methyl sites for hydroxylation is 1. The van der Waals surface area contributed by atoms with Crippen molar-refractivity contribution in [3.05, 3.63) is 29.8 Å². The van der Waals surface area contributed by atoms with Crippen molar-refractivity contribution in [1.82, 2.24) is 9.21 Å². The van der Waals surface area contributed by atoms with E-state index in [0.717, 1.165) is 17.7 Å². The molecule has 7 heteroatoms. The molecule has 0 aliphatic carbocycles. The van der Waals surface area contributed by atoms with Gasteiger partial charge in [0.25, 0.3) is 0 Å². The molecule has 1 aromatic rings. The zero-order valence-corrected chi connectivity index (χ0v) is 13.9. The largest absolute Gasteiger partial charge is 0.325 e. The van der Waals surface area contributed by atoms with E-state index in [9.17, 15) is 13.2 Å². The van der Waals surface area contributed by atoms with Gasteiger partial charge in [0.15, 0.2) is 0 Å². The third kappa shape index (κ3) is 4.53. The zero-order valence-electron chi connectivity index (χ0n) is 13.1. The molecule has 1 aromatic carbocycles. The fourth-order valence-electron chi connectivity index (χ4n) is 2.56. The van der Waals surface area contributed by atoms with Crippen molar-refractivity contribution in [2.45, 2.75) is 13.3 Å². The lowest BCUT2D eigenvalue weighted by Gasteiger charge is -2.32. The van der Waals surface area contributed by atoms with Gasteiger partial charge in [-0.25, -0.2) is 8.42 Å². The maximum atomic E-state index is 12.1. The van der Waals surface area contributed by atoms with Crippen molar-refractivity contribution < 1.29 is 13.2 Å². The Hall–Kier alpha value is -1.44. The Balaban J connectivity index is 1.86. The predicted octanol–water partition coefficient (Wildman–Crippen LogP) is 0.765. The molecule has 0 radical (unpaired) electrons. The second-order valence-corrected chi connectivity index (χ2v) is 7.48. The van der Waals surface area contributed by atoms with E-state index >= 15 is 0 Å². The van der Waals surface area contributed by atoms with Gasteiger partial charge in [0, 0.05) is 31.9 Å². The molecule has 1 aliphatic heterocycles. The highest BCUT2D eigenvalue weighted by Crippen LogP contribution is 2.15. The number of carbonyl (C=O) groups excluding carboxylic acids is 1.